The van der Waals surface area contributed by atoms with Crippen molar-refractivity contribution in [3.8, 4) is 0 Å². The Kier molecular flexibility index (Phi) is 16.1. The predicted octanol–water partition coefficient (Wildman–Crippen LogP) is 0.260. The predicted molar refractivity (Wildman–Crippen MR) is 106 cm³/mol. The second kappa shape index (κ2) is 15.2. The van der Waals surface area contributed by atoms with Gasteiger partial charge in [0.15, 0.2) is 0 Å². The van der Waals surface area contributed by atoms with Crippen molar-refractivity contribution < 1.29 is 51.3 Å². The third-order valence-electron chi connectivity index (χ3n) is 4.25. The molecule has 1 amide bonds. The van der Waals surface area contributed by atoms with Gasteiger partial charge in [-0.3, -0.25) is 0 Å². The summed E-state index contributed by atoms with van der Waals surface area (Å²) in [5.74, 6) is -0.266. The molecule has 4 rings (SSSR count). The first kappa shape index (κ1) is 28.5. The number of halogens is 2. The van der Waals surface area contributed by atoms with E-state index in [1.807, 2.05) is 0 Å². The molecule has 1 N–H and O–H groups in total. The van der Waals surface area contributed by atoms with Crippen LogP contribution in [0.1, 0.15) is 25.7 Å². The van der Waals surface area contributed by atoms with Crippen LogP contribution in [0.2, 0.25) is 13.1 Å². The number of benzene rings is 2. The van der Waals surface area contributed by atoms with Gasteiger partial charge in [-0.25, -0.2) is 0 Å². The topological polar surface area (TPSA) is 40.9 Å². The summed E-state index contributed by atoms with van der Waals surface area (Å²) in [6.45, 7) is 4.31. The molecule has 27 heavy (non-hydrogen) atoms. The molecular weight excluding hydrogens is 429 g/mol. The summed E-state index contributed by atoms with van der Waals surface area (Å²) in [6.07, 6.45) is 4.22. The Morgan fingerprint density at radius 3 is 1.63 bits per heavy atom. The van der Waals surface area contributed by atoms with E-state index < -0.39 is 0 Å². The van der Waals surface area contributed by atoms with E-state index in [9.17, 15) is 4.79 Å². The van der Waals surface area contributed by atoms with Gasteiger partial charge >= 0.3 is 21.7 Å². The zero-order valence-electron chi connectivity index (χ0n) is 15.8. The molecule has 0 atom stereocenters. The van der Waals surface area contributed by atoms with Gasteiger partial charge in [0.1, 0.15) is 0 Å². The van der Waals surface area contributed by atoms with Gasteiger partial charge in [-0.1, -0.05) is 62.3 Å². The zero-order chi connectivity index (χ0) is 17.4. The standard InChI is InChI=1S/C13H9.C6H11NO.C2H6Si.2ClH.Ti/c1-3-7-12-10(5-1)9-11-6-2-4-8-13(11)12;7-6(8)5-3-1-2-4-5;1-3-2;;;/h1-9H;5H,1-4H2,(H2,7,8);1-2H3;2*1H;/q-1;;;;;+4/p-3. The average Bonchev–Trinajstić information content (AvgIpc) is 3.24. The maximum Gasteiger partial charge on any atom is 4.00 e. The molecule has 0 aliphatic heterocycles. The zero-order valence-corrected chi connectivity index (χ0v) is 19.8. The molecule has 2 nitrogen and oxygen atoms in total. The molecule has 0 unspecified atom stereocenters. The van der Waals surface area contributed by atoms with Crippen molar-refractivity contribution in [3.05, 3.63) is 60.3 Å². The third kappa shape index (κ3) is 8.45. The molecule has 0 aromatic heterocycles. The fourth-order valence-electron chi connectivity index (χ4n) is 3.09. The van der Waals surface area contributed by atoms with Crippen molar-refractivity contribution in [1.29, 1.82) is 0 Å². The Balaban J connectivity index is 0. The number of carbonyl (C=O) groups is 1. The summed E-state index contributed by atoms with van der Waals surface area (Å²) in [6, 6.07) is 19.3. The molecule has 0 bridgehead atoms. The molecule has 3 aromatic rings. The number of hydrogen-bond acceptors (Lipinski definition) is 1. The number of amides is 1. The first-order valence-electron chi connectivity index (χ1n) is 8.54. The van der Waals surface area contributed by atoms with E-state index in [4.69, 9.17) is 5.73 Å². The van der Waals surface area contributed by atoms with Gasteiger partial charge in [-0.05, 0) is 12.8 Å². The van der Waals surface area contributed by atoms with Gasteiger partial charge in [0.25, 0.3) is 0 Å². The molecule has 3 aromatic carbocycles. The number of fused-ring (bicyclic) bond motifs is 3. The van der Waals surface area contributed by atoms with Crippen LogP contribution >= 0.6 is 0 Å². The maximum atomic E-state index is 10.3. The second-order valence-electron chi connectivity index (χ2n) is 6.16. The second-order valence-corrected chi connectivity index (χ2v) is 7.16. The van der Waals surface area contributed by atoms with E-state index in [-0.39, 0.29) is 58.4 Å². The number of carbonyl (C=O) groups excluding carboxylic acids is 1. The molecule has 1 fully saturated rings. The van der Waals surface area contributed by atoms with Crippen molar-refractivity contribution in [2.45, 2.75) is 38.8 Å². The number of rotatable bonds is 1. The van der Waals surface area contributed by atoms with Crippen LogP contribution in [0, 0.1) is 5.92 Å². The molecular formula is C21H25Cl2NOSiTi. The third-order valence-corrected chi connectivity index (χ3v) is 4.25. The summed E-state index contributed by atoms with van der Waals surface area (Å²) in [4.78, 5) is 10.3. The van der Waals surface area contributed by atoms with Gasteiger partial charge in [0.2, 0.25) is 0 Å². The van der Waals surface area contributed by atoms with Crippen molar-refractivity contribution in [1.82, 2.24) is 0 Å². The SMILES string of the molecule is C[Si]C.[Cl-].[Cl-].[NH-]C(=O)C1CCCC1.[Ti+4].c1ccc2c(c1)[cH-]c1ccccc12. The summed E-state index contributed by atoms with van der Waals surface area (Å²) in [5.41, 5.74) is 6.74. The summed E-state index contributed by atoms with van der Waals surface area (Å²) in [7, 11) is 1.08. The normalized spacial score (nSPS) is 12.4. The Bertz CT molecular complexity index is 738. The van der Waals surface area contributed by atoms with Crippen LogP contribution in [0.25, 0.3) is 27.3 Å². The van der Waals surface area contributed by atoms with E-state index in [0.29, 0.717) is 0 Å². The van der Waals surface area contributed by atoms with Gasteiger partial charge in [-0.2, -0.15) is 0 Å². The van der Waals surface area contributed by atoms with Crippen LogP contribution in [-0.2, 0) is 26.5 Å². The van der Waals surface area contributed by atoms with Gasteiger partial charge in [0.05, 0.1) is 5.91 Å². The van der Waals surface area contributed by atoms with Crippen LogP contribution in [0.4, 0.5) is 0 Å². The van der Waals surface area contributed by atoms with E-state index in [0.717, 1.165) is 35.2 Å². The molecule has 2 radical (unpaired) electrons. The molecule has 1 saturated carbocycles. The Morgan fingerprint density at radius 1 is 0.926 bits per heavy atom. The quantitative estimate of drug-likeness (QED) is 0.384. The smallest absolute Gasteiger partial charge is 1.00 e. The Labute approximate surface area is 192 Å². The van der Waals surface area contributed by atoms with Crippen molar-refractivity contribution in [3.63, 3.8) is 0 Å². The van der Waals surface area contributed by atoms with E-state index >= 15 is 0 Å². The van der Waals surface area contributed by atoms with Gasteiger partial charge in [-0.15, -0.1) is 39.7 Å². The first-order valence-corrected chi connectivity index (χ1v) is 10.5. The fraction of sp³-hybridized carbons (Fsp3) is 0.333. The number of nitrogens with one attached hydrogen (secondary N) is 1. The molecule has 0 saturated heterocycles. The Morgan fingerprint density at radius 2 is 1.30 bits per heavy atom. The maximum absolute atomic E-state index is 10.3. The van der Waals surface area contributed by atoms with E-state index in [1.54, 1.807) is 0 Å². The van der Waals surface area contributed by atoms with Gasteiger partial charge in [0, 0.05) is 15.4 Å². The van der Waals surface area contributed by atoms with Crippen LogP contribution in [0.3, 0.4) is 0 Å². The van der Waals surface area contributed by atoms with Crippen LogP contribution < -0.4 is 24.8 Å². The summed E-state index contributed by atoms with van der Waals surface area (Å²) >= 11 is 0. The van der Waals surface area contributed by atoms with Crippen LogP contribution in [0.15, 0.2) is 54.6 Å². The minimum absolute atomic E-state index is 0. The molecule has 1 aliphatic carbocycles. The van der Waals surface area contributed by atoms with Crippen molar-refractivity contribution >= 4 is 37.0 Å². The number of hydrogen-bond donors (Lipinski definition) is 0. The largest absolute Gasteiger partial charge is 4.00 e. The van der Waals surface area contributed by atoms with Crippen LogP contribution in [-0.4, -0.2) is 15.4 Å². The minimum Gasteiger partial charge on any atom is -1.00 e. The van der Waals surface area contributed by atoms with Crippen LogP contribution in [0.5, 0.6) is 0 Å². The molecule has 0 spiro atoms. The minimum atomic E-state index is -0.359. The monoisotopic (exact) mass is 453 g/mol. The molecule has 142 valence electrons. The Hall–Kier alpha value is -0.709. The van der Waals surface area contributed by atoms with E-state index in [1.165, 1.54) is 21.5 Å². The van der Waals surface area contributed by atoms with Crippen molar-refractivity contribution in [2.24, 2.45) is 5.92 Å². The van der Waals surface area contributed by atoms with E-state index in [2.05, 4.69) is 67.7 Å². The molecule has 0 heterocycles. The molecule has 6 heteroatoms. The van der Waals surface area contributed by atoms with Crippen molar-refractivity contribution in [2.75, 3.05) is 0 Å². The molecule has 1 aliphatic rings. The average molecular weight is 454 g/mol. The summed E-state index contributed by atoms with van der Waals surface area (Å²) in [5, 5.41) is 5.39. The summed E-state index contributed by atoms with van der Waals surface area (Å²) < 4.78 is 0. The van der Waals surface area contributed by atoms with Gasteiger partial charge < -0.3 is 35.3 Å². The fourth-order valence-corrected chi connectivity index (χ4v) is 3.09. The first-order chi connectivity index (χ1) is 11.7.